The summed E-state index contributed by atoms with van der Waals surface area (Å²) in [6, 6.07) is 3.76. The number of aromatic nitrogens is 1. The molecule has 2 rings (SSSR count). The molecule has 24 heavy (non-hydrogen) atoms. The lowest BCUT2D eigenvalue weighted by Crippen LogP contribution is -2.18. The van der Waals surface area contributed by atoms with E-state index in [-0.39, 0.29) is 17.3 Å². The van der Waals surface area contributed by atoms with E-state index in [1.807, 2.05) is 0 Å². The molecule has 0 amide bonds. The highest BCUT2D eigenvalue weighted by Gasteiger charge is 2.37. The van der Waals surface area contributed by atoms with E-state index in [1.165, 1.54) is 18.3 Å². The predicted molar refractivity (Wildman–Crippen MR) is 70.2 cm³/mol. The molecule has 0 N–H and O–H groups in total. The van der Waals surface area contributed by atoms with Crippen molar-refractivity contribution in [2.45, 2.75) is 12.4 Å². The number of carbonyl (C=O) groups is 1. The smallest absolute Gasteiger partial charge is 0.416 e. The maximum absolute atomic E-state index is 12.9. The Morgan fingerprint density at radius 1 is 1.00 bits per heavy atom. The Morgan fingerprint density at radius 3 is 2.00 bits per heavy atom. The van der Waals surface area contributed by atoms with Gasteiger partial charge >= 0.3 is 12.4 Å². The van der Waals surface area contributed by atoms with Crippen LogP contribution in [0.1, 0.15) is 11.1 Å². The van der Waals surface area contributed by atoms with Gasteiger partial charge in [0.05, 0.1) is 22.8 Å². The molecular formula is C15H8F6NO2-. The van der Waals surface area contributed by atoms with Gasteiger partial charge in [0.25, 0.3) is 0 Å². The van der Waals surface area contributed by atoms with Crippen LogP contribution in [0, 0.1) is 0 Å². The van der Waals surface area contributed by atoms with Crippen LogP contribution in [0.3, 0.4) is 0 Å². The van der Waals surface area contributed by atoms with Gasteiger partial charge in [0.2, 0.25) is 0 Å². The molecule has 9 heteroatoms. The summed E-state index contributed by atoms with van der Waals surface area (Å²) in [5.41, 5.74) is -3.30. The fourth-order valence-corrected chi connectivity index (χ4v) is 2.01. The van der Waals surface area contributed by atoms with E-state index in [0.29, 0.717) is 18.2 Å². The van der Waals surface area contributed by atoms with Crippen LogP contribution in [0.2, 0.25) is 0 Å². The molecule has 0 unspecified atom stereocenters. The number of carbonyl (C=O) groups excluding carboxylic acids is 1. The zero-order valence-electron chi connectivity index (χ0n) is 11.7. The maximum Gasteiger partial charge on any atom is 0.416 e. The molecule has 0 radical (unpaired) electrons. The highest BCUT2D eigenvalue weighted by atomic mass is 19.4. The highest BCUT2D eigenvalue weighted by molar-refractivity contribution is 5.81. The Kier molecular flexibility index (Phi) is 4.46. The van der Waals surface area contributed by atoms with Crippen LogP contribution in [0.5, 0.6) is 0 Å². The van der Waals surface area contributed by atoms with Gasteiger partial charge in [-0.3, -0.25) is 0 Å². The molecule has 0 spiro atoms. The first-order chi connectivity index (χ1) is 11.0. The van der Waals surface area contributed by atoms with E-state index in [2.05, 4.69) is 0 Å². The molecule has 0 atom stereocenters. The fraction of sp³-hybridized carbons (Fsp3) is 0.133. The van der Waals surface area contributed by atoms with Crippen molar-refractivity contribution in [1.29, 1.82) is 0 Å². The number of halogens is 6. The third kappa shape index (κ3) is 3.98. The lowest BCUT2D eigenvalue weighted by Gasteiger charge is -2.15. The molecule has 0 aliphatic carbocycles. The monoisotopic (exact) mass is 348 g/mol. The van der Waals surface area contributed by atoms with Crippen molar-refractivity contribution >= 4 is 12.2 Å². The molecule has 128 valence electrons. The van der Waals surface area contributed by atoms with Gasteiger partial charge < -0.3 is 14.5 Å². The van der Waals surface area contributed by atoms with Crippen molar-refractivity contribution in [2.24, 2.45) is 0 Å². The average molecular weight is 348 g/mol. The van der Waals surface area contributed by atoms with Gasteiger partial charge in [0.15, 0.2) is 0 Å². The van der Waals surface area contributed by atoms with E-state index in [9.17, 15) is 36.2 Å². The lowest BCUT2D eigenvalue weighted by atomic mass is 10.0. The number of rotatable bonds is 3. The second kappa shape index (κ2) is 6.06. The largest absolute Gasteiger partial charge is 0.545 e. The normalized spacial score (nSPS) is 12.8. The second-order valence-electron chi connectivity index (χ2n) is 4.73. The molecule has 0 bridgehead atoms. The molecule has 0 saturated heterocycles. The minimum atomic E-state index is -4.96. The van der Waals surface area contributed by atoms with Crippen LogP contribution < -0.4 is 5.11 Å². The lowest BCUT2D eigenvalue weighted by molar-refractivity contribution is -0.297. The molecule has 2 aromatic rings. The molecule has 0 saturated carbocycles. The minimum absolute atomic E-state index is 0.0216. The van der Waals surface area contributed by atoms with Crippen LogP contribution in [0.4, 0.5) is 26.3 Å². The van der Waals surface area contributed by atoms with E-state index in [1.54, 1.807) is 0 Å². The molecular weight excluding hydrogens is 340 g/mol. The molecule has 0 aliphatic heterocycles. The average Bonchev–Trinajstić information content (AvgIpc) is 2.91. The van der Waals surface area contributed by atoms with Crippen LogP contribution >= 0.6 is 0 Å². The maximum atomic E-state index is 12.9. The number of benzene rings is 1. The Balaban J connectivity index is 2.63. The van der Waals surface area contributed by atoms with Gasteiger partial charge in [0.1, 0.15) is 0 Å². The standard InChI is InChI=1S/C15H9F6NO2/c16-14(17,18)10-6-9(7-11(8-10)15(19,20)21)12-2-1-4-22(12)5-3-13(23)24/h1-8H,(H,23,24)/p-1. The first-order valence-electron chi connectivity index (χ1n) is 6.34. The van der Waals surface area contributed by atoms with Crippen molar-refractivity contribution in [3.63, 3.8) is 0 Å². The molecule has 3 nitrogen and oxygen atoms in total. The number of carboxylic acids is 1. The summed E-state index contributed by atoms with van der Waals surface area (Å²) in [4.78, 5) is 10.4. The van der Waals surface area contributed by atoms with Gasteiger partial charge in [-0.1, -0.05) is 0 Å². The summed E-state index contributed by atoms with van der Waals surface area (Å²) < 4.78 is 78.2. The quantitative estimate of drug-likeness (QED) is 0.630. The Bertz CT molecular complexity index is 754. The van der Waals surface area contributed by atoms with Crippen molar-refractivity contribution in [3.05, 3.63) is 53.7 Å². The SMILES string of the molecule is O=C([O-])C=Cn1cccc1-c1cc(C(F)(F)F)cc(C(F)(F)F)c1. The Hall–Kier alpha value is -2.71. The molecule has 1 heterocycles. The van der Waals surface area contributed by atoms with Crippen LogP contribution in [0.15, 0.2) is 42.6 Å². The molecule has 1 aromatic carbocycles. The van der Waals surface area contributed by atoms with Gasteiger partial charge in [0, 0.05) is 12.4 Å². The van der Waals surface area contributed by atoms with Crippen LogP contribution in [0.25, 0.3) is 17.5 Å². The van der Waals surface area contributed by atoms with Crippen LogP contribution in [-0.4, -0.2) is 10.5 Å². The van der Waals surface area contributed by atoms with Gasteiger partial charge in [-0.15, -0.1) is 0 Å². The van der Waals surface area contributed by atoms with Crippen LogP contribution in [-0.2, 0) is 17.1 Å². The number of carboxylic acid groups (broad SMARTS) is 1. The highest BCUT2D eigenvalue weighted by Crippen LogP contribution is 2.38. The van der Waals surface area contributed by atoms with Crippen molar-refractivity contribution < 1.29 is 36.2 Å². The summed E-state index contributed by atoms with van der Waals surface area (Å²) in [5, 5.41) is 10.4. The van der Waals surface area contributed by atoms with Gasteiger partial charge in [-0.2, -0.15) is 26.3 Å². The van der Waals surface area contributed by atoms with E-state index >= 15 is 0 Å². The van der Waals surface area contributed by atoms with Crippen molar-refractivity contribution in [1.82, 2.24) is 4.57 Å². The summed E-state index contributed by atoms with van der Waals surface area (Å²) in [6.07, 6.45) is -7.09. The number of alkyl halides is 6. The zero-order chi connectivity index (χ0) is 18.1. The molecule has 1 aromatic heterocycles. The van der Waals surface area contributed by atoms with E-state index < -0.39 is 29.4 Å². The summed E-state index contributed by atoms with van der Waals surface area (Å²) in [7, 11) is 0. The summed E-state index contributed by atoms with van der Waals surface area (Å²) >= 11 is 0. The number of nitrogens with zero attached hydrogens (tertiary/aromatic N) is 1. The summed E-state index contributed by atoms with van der Waals surface area (Å²) in [6.45, 7) is 0. The molecule has 0 fully saturated rings. The number of hydrogen-bond acceptors (Lipinski definition) is 2. The van der Waals surface area contributed by atoms with Crippen molar-refractivity contribution in [2.75, 3.05) is 0 Å². The second-order valence-corrected chi connectivity index (χ2v) is 4.73. The van der Waals surface area contributed by atoms with E-state index in [0.717, 1.165) is 10.8 Å². The van der Waals surface area contributed by atoms with Gasteiger partial charge in [-0.05, 0) is 42.0 Å². The third-order valence-corrected chi connectivity index (χ3v) is 3.03. The van der Waals surface area contributed by atoms with Gasteiger partial charge in [-0.25, -0.2) is 0 Å². The van der Waals surface area contributed by atoms with Crippen molar-refractivity contribution in [3.8, 4) is 11.3 Å². The topological polar surface area (TPSA) is 45.1 Å². The fourth-order valence-electron chi connectivity index (χ4n) is 2.01. The Morgan fingerprint density at radius 2 is 1.54 bits per heavy atom. The Labute approximate surface area is 131 Å². The first-order valence-corrected chi connectivity index (χ1v) is 6.34. The third-order valence-electron chi connectivity index (χ3n) is 3.03. The predicted octanol–water partition coefficient (Wildman–Crippen LogP) is 3.41. The minimum Gasteiger partial charge on any atom is -0.545 e. The number of hydrogen-bond donors (Lipinski definition) is 0. The first kappa shape index (κ1) is 17.6. The number of aliphatic carboxylic acids is 1. The molecule has 0 aliphatic rings. The van der Waals surface area contributed by atoms with E-state index in [4.69, 9.17) is 0 Å². The zero-order valence-corrected chi connectivity index (χ0v) is 11.7. The summed E-state index contributed by atoms with van der Waals surface area (Å²) in [5.74, 6) is -1.56.